The van der Waals surface area contributed by atoms with Gasteiger partial charge in [0.2, 0.25) is 0 Å². The second-order valence-electron chi connectivity index (χ2n) is 4.31. The zero-order valence-corrected chi connectivity index (χ0v) is 11.1. The van der Waals surface area contributed by atoms with Crippen molar-refractivity contribution in [2.45, 2.75) is 13.0 Å². The average molecular weight is 276 g/mol. The van der Waals surface area contributed by atoms with E-state index in [4.69, 9.17) is 4.74 Å². The van der Waals surface area contributed by atoms with Crippen LogP contribution in [0.1, 0.15) is 28.9 Å². The molecule has 1 aromatic carbocycles. The molecule has 1 amide bonds. The number of nitrogens with zero attached hydrogens (tertiary/aromatic N) is 2. The normalized spacial score (nSPS) is 18.4. The predicted molar refractivity (Wildman–Crippen MR) is 68.1 cm³/mol. The topological polar surface area (TPSA) is 73.6 Å². The summed E-state index contributed by atoms with van der Waals surface area (Å²) in [7, 11) is 1.49. The van der Waals surface area contributed by atoms with Crippen LogP contribution < -0.4 is 0 Å². The van der Waals surface area contributed by atoms with Crippen molar-refractivity contribution in [3.63, 3.8) is 0 Å². The monoisotopic (exact) mass is 276 g/mol. The largest absolute Gasteiger partial charge is 0.480 e. The Bertz CT molecular complexity index is 634. The van der Waals surface area contributed by atoms with Crippen LogP contribution in [0.4, 0.5) is 4.39 Å². The summed E-state index contributed by atoms with van der Waals surface area (Å²) in [5.74, 6) is -1.39. The van der Waals surface area contributed by atoms with Gasteiger partial charge in [0.15, 0.2) is 0 Å². The number of benzene rings is 1. The lowest BCUT2D eigenvalue weighted by atomic mass is 9.99. The number of fused-ring (bicyclic) bond motifs is 1. The van der Waals surface area contributed by atoms with Crippen LogP contribution in [0.3, 0.4) is 0 Å². The van der Waals surface area contributed by atoms with Crippen molar-refractivity contribution in [1.82, 2.24) is 4.90 Å². The van der Waals surface area contributed by atoms with Gasteiger partial charge in [0.05, 0.1) is 6.61 Å². The number of likely N-dealkylation sites (N-methyl/N-ethyl adjacent to an activating group) is 1. The van der Waals surface area contributed by atoms with Crippen LogP contribution in [0.5, 0.6) is 0 Å². The van der Waals surface area contributed by atoms with Crippen molar-refractivity contribution < 1.29 is 19.0 Å². The van der Waals surface area contributed by atoms with E-state index < -0.39 is 17.8 Å². The Labute approximate surface area is 115 Å². The van der Waals surface area contributed by atoms with Crippen molar-refractivity contribution in [2.75, 3.05) is 13.7 Å². The maximum absolute atomic E-state index is 13.4. The van der Waals surface area contributed by atoms with Crippen LogP contribution in [-0.2, 0) is 4.74 Å². The van der Waals surface area contributed by atoms with Crippen molar-refractivity contribution in [1.29, 1.82) is 5.26 Å². The van der Waals surface area contributed by atoms with Gasteiger partial charge in [-0.15, -0.1) is 0 Å². The Morgan fingerprint density at radius 2 is 2.30 bits per heavy atom. The highest BCUT2D eigenvalue weighted by atomic mass is 19.1. The molecule has 0 saturated carbocycles. The molecule has 1 atom stereocenters. The van der Waals surface area contributed by atoms with Gasteiger partial charge in [0, 0.05) is 12.6 Å². The van der Waals surface area contributed by atoms with E-state index in [0.29, 0.717) is 11.1 Å². The Balaban J connectivity index is 2.59. The third kappa shape index (κ3) is 2.07. The van der Waals surface area contributed by atoms with Crippen LogP contribution in [0, 0.1) is 17.1 Å². The van der Waals surface area contributed by atoms with Gasteiger partial charge in [-0.2, -0.15) is 5.26 Å². The minimum absolute atomic E-state index is 0.118. The zero-order valence-electron chi connectivity index (χ0n) is 11.1. The fourth-order valence-electron chi connectivity index (χ4n) is 2.26. The lowest BCUT2D eigenvalue weighted by Crippen LogP contribution is -2.25. The highest BCUT2D eigenvalue weighted by molar-refractivity contribution is 5.99. The lowest BCUT2D eigenvalue weighted by molar-refractivity contribution is 0.0760. The molecule has 1 unspecified atom stereocenters. The minimum atomic E-state index is -0.843. The summed E-state index contributed by atoms with van der Waals surface area (Å²) in [4.78, 5) is 13.3. The quantitative estimate of drug-likeness (QED) is 0.679. The smallest absolute Gasteiger partial charge is 0.293 e. The number of hydrogen-bond donors (Lipinski definition) is 1. The summed E-state index contributed by atoms with van der Waals surface area (Å²) in [5, 5.41) is 19.0. The van der Waals surface area contributed by atoms with E-state index in [1.54, 1.807) is 6.92 Å². The summed E-state index contributed by atoms with van der Waals surface area (Å²) in [6, 6.07) is 4.73. The molecule has 0 radical (unpaired) electrons. The van der Waals surface area contributed by atoms with Crippen LogP contribution >= 0.6 is 0 Å². The Kier molecular flexibility index (Phi) is 3.61. The van der Waals surface area contributed by atoms with Crippen molar-refractivity contribution in [2.24, 2.45) is 0 Å². The Morgan fingerprint density at radius 3 is 2.90 bits per heavy atom. The SMILES string of the molecule is CCO/C(O)=C(/C#N)C1c2cc(F)ccc2C(=O)N1C. The molecule has 0 bridgehead atoms. The van der Waals surface area contributed by atoms with E-state index in [2.05, 4.69) is 0 Å². The van der Waals surface area contributed by atoms with E-state index in [9.17, 15) is 19.6 Å². The van der Waals surface area contributed by atoms with E-state index >= 15 is 0 Å². The Hall–Kier alpha value is -2.55. The number of rotatable bonds is 3. The Morgan fingerprint density at radius 1 is 1.60 bits per heavy atom. The number of halogens is 1. The predicted octanol–water partition coefficient (Wildman–Crippen LogP) is 2.28. The van der Waals surface area contributed by atoms with Crippen LogP contribution in [0.25, 0.3) is 0 Å². The highest BCUT2D eigenvalue weighted by Gasteiger charge is 2.39. The van der Waals surface area contributed by atoms with Gasteiger partial charge in [0.1, 0.15) is 23.5 Å². The number of aliphatic hydroxyl groups is 1. The first-order valence-corrected chi connectivity index (χ1v) is 6.03. The van der Waals surface area contributed by atoms with Gasteiger partial charge in [-0.25, -0.2) is 4.39 Å². The molecule has 1 aliphatic rings. The van der Waals surface area contributed by atoms with Crippen molar-refractivity contribution in [3.05, 3.63) is 46.7 Å². The number of carbonyl (C=O) groups excluding carboxylic acids is 1. The molecule has 0 saturated heterocycles. The molecule has 0 fully saturated rings. The number of amides is 1. The molecule has 1 heterocycles. The third-order valence-electron chi connectivity index (χ3n) is 3.15. The molecule has 1 aliphatic heterocycles. The zero-order chi connectivity index (χ0) is 14.9. The molecule has 0 aliphatic carbocycles. The first-order chi connectivity index (χ1) is 9.51. The van der Waals surface area contributed by atoms with Crippen LogP contribution in [0.2, 0.25) is 0 Å². The van der Waals surface area contributed by atoms with Gasteiger partial charge in [-0.1, -0.05) is 0 Å². The summed E-state index contributed by atoms with van der Waals surface area (Å²) in [6.07, 6.45) is 0. The van der Waals surface area contributed by atoms with Gasteiger partial charge in [-0.3, -0.25) is 4.79 Å². The van der Waals surface area contributed by atoms with Gasteiger partial charge in [-0.05, 0) is 30.7 Å². The summed E-state index contributed by atoms with van der Waals surface area (Å²) >= 11 is 0. The minimum Gasteiger partial charge on any atom is -0.480 e. The maximum Gasteiger partial charge on any atom is 0.293 e. The summed E-state index contributed by atoms with van der Waals surface area (Å²) in [6.45, 7) is 1.83. The molecule has 5 nitrogen and oxygen atoms in total. The first kappa shape index (κ1) is 13.9. The summed E-state index contributed by atoms with van der Waals surface area (Å²) in [5.41, 5.74) is 0.545. The number of hydrogen-bond acceptors (Lipinski definition) is 4. The number of nitriles is 1. The molecule has 104 valence electrons. The van der Waals surface area contributed by atoms with E-state index in [0.717, 1.165) is 0 Å². The number of ether oxygens (including phenoxy) is 1. The first-order valence-electron chi connectivity index (χ1n) is 6.03. The van der Waals surface area contributed by atoms with E-state index in [1.807, 2.05) is 6.07 Å². The van der Waals surface area contributed by atoms with Gasteiger partial charge < -0.3 is 14.7 Å². The highest BCUT2D eigenvalue weighted by Crippen LogP contribution is 2.38. The average Bonchev–Trinajstić information content (AvgIpc) is 2.65. The fourth-order valence-corrected chi connectivity index (χ4v) is 2.26. The van der Waals surface area contributed by atoms with E-state index in [-0.39, 0.29) is 18.1 Å². The molecule has 1 aromatic rings. The third-order valence-corrected chi connectivity index (χ3v) is 3.15. The van der Waals surface area contributed by atoms with Crippen LogP contribution in [-0.4, -0.2) is 29.6 Å². The maximum atomic E-state index is 13.4. The van der Waals surface area contributed by atoms with Crippen molar-refractivity contribution >= 4 is 5.91 Å². The molecule has 2 rings (SSSR count). The molecule has 20 heavy (non-hydrogen) atoms. The second kappa shape index (κ2) is 5.21. The molecule has 0 aromatic heterocycles. The summed E-state index contributed by atoms with van der Waals surface area (Å²) < 4.78 is 18.3. The van der Waals surface area contributed by atoms with E-state index in [1.165, 1.54) is 30.1 Å². The van der Waals surface area contributed by atoms with Gasteiger partial charge >= 0.3 is 0 Å². The standard InChI is InChI=1S/C14H13FN2O3/c1-3-20-14(19)11(7-16)12-10-6-8(15)4-5-9(10)13(18)17(12)2/h4-6,12,19H,3H2,1-2H3/b14-11-. The van der Waals surface area contributed by atoms with Crippen LogP contribution in [0.15, 0.2) is 29.7 Å². The molecular formula is C14H13FN2O3. The fraction of sp³-hybridized carbons (Fsp3) is 0.286. The van der Waals surface area contributed by atoms with Crippen molar-refractivity contribution in [3.8, 4) is 6.07 Å². The molecule has 1 N–H and O–H groups in total. The number of carbonyl (C=O) groups is 1. The molecular weight excluding hydrogens is 263 g/mol. The van der Waals surface area contributed by atoms with Gasteiger partial charge in [0.25, 0.3) is 11.9 Å². The molecule has 6 heteroatoms. The lowest BCUT2D eigenvalue weighted by Gasteiger charge is -2.20. The number of aliphatic hydroxyl groups excluding tert-OH is 1. The molecule has 0 spiro atoms. The second-order valence-corrected chi connectivity index (χ2v) is 4.31.